The molecule has 19 heavy (non-hydrogen) atoms. The molecule has 0 aliphatic heterocycles. The normalized spacial score (nSPS) is 10.6. The molecule has 0 atom stereocenters. The maximum absolute atomic E-state index is 5.99. The molecule has 0 radical (unpaired) electrons. The second-order valence-corrected chi connectivity index (χ2v) is 5.69. The highest BCUT2D eigenvalue weighted by Crippen LogP contribution is 2.30. The first-order valence-electron chi connectivity index (χ1n) is 5.98. The van der Waals surface area contributed by atoms with Gasteiger partial charge in [-0.05, 0) is 56.2 Å². The Morgan fingerprint density at radius 3 is 2.53 bits per heavy atom. The van der Waals surface area contributed by atoms with E-state index in [2.05, 4.69) is 20.9 Å². The summed E-state index contributed by atoms with van der Waals surface area (Å²) < 4.78 is 6.96. The van der Waals surface area contributed by atoms with Crippen LogP contribution in [0.3, 0.4) is 0 Å². The van der Waals surface area contributed by atoms with Crippen molar-refractivity contribution >= 4 is 27.5 Å². The van der Waals surface area contributed by atoms with Gasteiger partial charge in [-0.15, -0.1) is 11.6 Å². The van der Waals surface area contributed by atoms with Crippen molar-refractivity contribution in [2.75, 3.05) is 0 Å². The molecule has 100 valence electrons. The molecule has 1 aromatic heterocycles. The molecule has 0 spiro atoms. The number of alkyl halides is 1. The molecule has 2 aromatic rings. The van der Waals surface area contributed by atoms with Gasteiger partial charge in [0.15, 0.2) is 0 Å². The van der Waals surface area contributed by atoms with Gasteiger partial charge in [-0.2, -0.15) is 0 Å². The molecule has 2 rings (SSSR count). The molecule has 4 heteroatoms. The summed E-state index contributed by atoms with van der Waals surface area (Å²) in [7, 11) is 0. The second kappa shape index (κ2) is 5.93. The molecule has 0 saturated carbocycles. The van der Waals surface area contributed by atoms with Crippen molar-refractivity contribution in [3.8, 4) is 11.6 Å². The molecular formula is C15H15BrClNO. The molecular weight excluding hydrogens is 326 g/mol. The number of benzene rings is 1. The minimum Gasteiger partial charge on any atom is -0.438 e. The molecule has 2 nitrogen and oxygen atoms in total. The van der Waals surface area contributed by atoms with Crippen LogP contribution >= 0.6 is 27.5 Å². The average molecular weight is 341 g/mol. The Hall–Kier alpha value is -1.06. The van der Waals surface area contributed by atoms with Crippen LogP contribution in [0.4, 0.5) is 0 Å². The molecule has 0 amide bonds. The van der Waals surface area contributed by atoms with Gasteiger partial charge in [0.1, 0.15) is 5.75 Å². The van der Waals surface area contributed by atoms with Crippen LogP contribution < -0.4 is 4.74 Å². The van der Waals surface area contributed by atoms with E-state index in [1.807, 2.05) is 45.0 Å². The van der Waals surface area contributed by atoms with E-state index in [4.69, 9.17) is 16.3 Å². The third-order valence-electron chi connectivity index (χ3n) is 2.91. The maximum atomic E-state index is 5.99. The highest BCUT2D eigenvalue weighted by molar-refractivity contribution is 9.10. The minimum atomic E-state index is 0.393. The molecule has 0 N–H and O–H groups in total. The zero-order chi connectivity index (χ0) is 14.0. The van der Waals surface area contributed by atoms with Crippen LogP contribution in [0.25, 0.3) is 0 Å². The standard InChI is InChI=1S/C15H15BrClNO/c1-9-6-11(3)18-15(13(9)8-17)19-14-5-4-12(16)7-10(14)2/h4-7H,8H2,1-3H3. The molecule has 0 fully saturated rings. The number of aryl methyl sites for hydroxylation is 3. The molecule has 0 aliphatic carbocycles. The molecule has 1 aromatic carbocycles. The number of halogens is 2. The largest absolute Gasteiger partial charge is 0.438 e. The van der Waals surface area contributed by atoms with Crippen LogP contribution in [0.15, 0.2) is 28.7 Å². The summed E-state index contributed by atoms with van der Waals surface area (Å²) in [6, 6.07) is 7.90. The van der Waals surface area contributed by atoms with Gasteiger partial charge in [-0.3, -0.25) is 0 Å². The van der Waals surface area contributed by atoms with Crippen molar-refractivity contribution in [2.24, 2.45) is 0 Å². The van der Waals surface area contributed by atoms with Crippen molar-refractivity contribution in [2.45, 2.75) is 26.7 Å². The lowest BCUT2D eigenvalue weighted by molar-refractivity contribution is 0.453. The Balaban J connectivity index is 2.42. The fraction of sp³-hybridized carbons (Fsp3) is 0.267. The van der Waals surface area contributed by atoms with Crippen LogP contribution in [-0.2, 0) is 5.88 Å². The van der Waals surface area contributed by atoms with Crippen molar-refractivity contribution in [3.05, 3.63) is 51.1 Å². The Kier molecular flexibility index (Phi) is 4.48. The van der Waals surface area contributed by atoms with E-state index in [9.17, 15) is 0 Å². The van der Waals surface area contributed by atoms with E-state index in [1.165, 1.54) is 0 Å². The van der Waals surface area contributed by atoms with Crippen molar-refractivity contribution in [1.29, 1.82) is 0 Å². The lowest BCUT2D eigenvalue weighted by atomic mass is 10.1. The van der Waals surface area contributed by atoms with Gasteiger partial charge in [-0.25, -0.2) is 4.98 Å². The first-order chi connectivity index (χ1) is 9.01. The smallest absolute Gasteiger partial charge is 0.224 e. The number of rotatable bonds is 3. The third kappa shape index (κ3) is 3.28. The first kappa shape index (κ1) is 14.4. The number of nitrogens with zero attached hydrogens (tertiary/aromatic N) is 1. The number of pyridine rings is 1. The molecule has 0 bridgehead atoms. The SMILES string of the molecule is Cc1cc(C)c(CCl)c(Oc2ccc(Br)cc2C)n1. The van der Waals surface area contributed by atoms with E-state index in [1.54, 1.807) is 0 Å². The predicted octanol–water partition coefficient (Wildman–Crippen LogP) is 5.30. The zero-order valence-electron chi connectivity index (χ0n) is 11.1. The maximum Gasteiger partial charge on any atom is 0.224 e. The summed E-state index contributed by atoms with van der Waals surface area (Å²) in [5.41, 5.74) is 4.02. The Morgan fingerprint density at radius 2 is 1.89 bits per heavy atom. The van der Waals surface area contributed by atoms with E-state index < -0.39 is 0 Å². The quantitative estimate of drug-likeness (QED) is 0.707. The van der Waals surface area contributed by atoms with Crippen LogP contribution in [0, 0.1) is 20.8 Å². The third-order valence-corrected chi connectivity index (χ3v) is 3.68. The Morgan fingerprint density at radius 1 is 1.16 bits per heavy atom. The molecule has 1 heterocycles. The van der Waals surface area contributed by atoms with Gasteiger partial charge in [-0.1, -0.05) is 15.9 Å². The highest BCUT2D eigenvalue weighted by Gasteiger charge is 2.11. The first-order valence-corrected chi connectivity index (χ1v) is 7.31. The van der Waals surface area contributed by atoms with Gasteiger partial charge in [0.25, 0.3) is 0 Å². The summed E-state index contributed by atoms with van der Waals surface area (Å²) in [5, 5.41) is 0. The monoisotopic (exact) mass is 339 g/mol. The van der Waals surface area contributed by atoms with Gasteiger partial charge in [0, 0.05) is 15.7 Å². The van der Waals surface area contributed by atoms with Crippen LogP contribution in [0.1, 0.15) is 22.4 Å². The van der Waals surface area contributed by atoms with Crippen molar-refractivity contribution in [1.82, 2.24) is 4.98 Å². The fourth-order valence-electron chi connectivity index (χ4n) is 1.91. The minimum absolute atomic E-state index is 0.393. The van der Waals surface area contributed by atoms with Crippen molar-refractivity contribution in [3.63, 3.8) is 0 Å². The predicted molar refractivity (Wildman–Crippen MR) is 82.2 cm³/mol. The summed E-state index contributed by atoms with van der Waals surface area (Å²) in [4.78, 5) is 4.45. The van der Waals surface area contributed by atoms with Gasteiger partial charge in [0.2, 0.25) is 5.88 Å². The Bertz CT molecular complexity index is 613. The van der Waals surface area contributed by atoms with E-state index in [0.717, 1.165) is 32.6 Å². The highest BCUT2D eigenvalue weighted by atomic mass is 79.9. The number of aromatic nitrogens is 1. The van der Waals surface area contributed by atoms with Gasteiger partial charge < -0.3 is 4.74 Å². The molecule has 0 saturated heterocycles. The van der Waals surface area contributed by atoms with Gasteiger partial charge >= 0.3 is 0 Å². The van der Waals surface area contributed by atoms with Gasteiger partial charge in [0.05, 0.1) is 5.88 Å². The van der Waals surface area contributed by atoms with Crippen molar-refractivity contribution < 1.29 is 4.74 Å². The zero-order valence-corrected chi connectivity index (χ0v) is 13.5. The number of ether oxygens (including phenoxy) is 1. The number of hydrogen-bond donors (Lipinski definition) is 0. The summed E-state index contributed by atoms with van der Waals surface area (Å²) in [6.45, 7) is 5.98. The second-order valence-electron chi connectivity index (χ2n) is 4.51. The number of hydrogen-bond acceptors (Lipinski definition) is 2. The average Bonchev–Trinajstić information content (AvgIpc) is 2.32. The molecule has 0 aliphatic rings. The summed E-state index contributed by atoms with van der Waals surface area (Å²) >= 11 is 9.43. The molecule has 0 unspecified atom stereocenters. The Labute approximate surface area is 126 Å². The summed E-state index contributed by atoms with van der Waals surface area (Å²) in [5.74, 6) is 1.79. The van der Waals surface area contributed by atoms with Crippen LogP contribution in [-0.4, -0.2) is 4.98 Å². The fourth-order valence-corrected chi connectivity index (χ4v) is 2.71. The van der Waals surface area contributed by atoms with E-state index >= 15 is 0 Å². The van der Waals surface area contributed by atoms with E-state index in [0.29, 0.717) is 11.8 Å². The van der Waals surface area contributed by atoms with Crippen LogP contribution in [0.2, 0.25) is 0 Å². The summed E-state index contributed by atoms with van der Waals surface area (Å²) in [6.07, 6.45) is 0. The van der Waals surface area contributed by atoms with Crippen LogP contribution in [0.5, 0.6) is 11.6 Å². The lowest BCUT2D eigenvalue weighted by Gasteiger charge is -2.13. The topological polar surface area (TPSA) is 22.1 Å². The van der Waals surface area contributed by atoms with E-state index in [-0.39, 0.29) is 0 Å². The lowest BCUT2D eigenvalue weighted by Crippen LogP contribution is -1.99.